The molecule has 84 valence electrons. The topological polar surface area (TPSA) is 21.3 Å². The highest BCUT2D eigenvalue weighted by Gasteiger charge is 1.98. The third-order valence-corrected chi connectivity index (χ3v) is 2.56. The molecule has 0 unspecified atom stereocenters. The Morgan fingerprint density at radius 3 is 2.87 bits per heavy atom. The number of benzene rings is 1. The predicted molar refractivity (Wildman–Crippen MR) is 64.4 cm³/mol. The van der Waals surface area contributed by atoms with E-state index in [4.69, 9.17) is 16.3 Å². The van der Waals surface area contributed by atoms with Crippen molar-refractivity contribution in [1.82, 2.24) is 5.32 Å². The molecule has 0 atom stereocenters. The molecule has 0 saturated heterocycles. The molecular formula is C12H18ClNO. The molecule has 0 fully saturated rings. The van der Waals surface area contributed by atoms with Gasteiger partial charge in [0.05, 0.1) is 0 Å². The number of nitrogens with one attached hydrogen (secondary N) is 1. The summed E-state index contributed by atoms with van der Waals surface area (Å²) in [4.78, 5) is 0. The molecule has 2 nitrogen and oxygen atoms in total. The van der Waals surface area contributed by atoms with Crippen LogP contribution in [-0.2, 0) is 11.3 Å². The van der Waals surface area contributed by atoms with Crippen LogP contribution >= 0.6 is 11.6 Å². The Hall–Kier alpha value is -0.570. The maximum atomic E-state index is 5.88. The lowest BCUT2D eigenvalue weighted by molar-refractivity contribution is 0.194. The largest absolute Gasteiger partial charge is 0.385 e. The molecule has 0 spiro atoms. The summed E-state index contributed by atoms with van der Waals surface area (Å²) in [7, 11) is 1.73. The van der Waals surface area contributed by atoms with Gasteiger partial charge in [0.25, 0.3) is 0 Å². The molecule has 3 heteroatoms. The van der Waals surface area contributed by atoms with Crippen molar-refractivity contribution in [2.75, 3.05) is 20.3 Å². The molecule has 1 rings (SSSR count). The number of hydrogen-bond donors (Lipinski definition) is 1. The Morgan fingerprint density at radius 2 is 2.20 bits per heavy atom. The molecule has 15 heavy (non-hydrogen) atoms. The average Bonchev–Trinajstić information content (AvgIpc) is 2.20. The van der Waals surface area contributed by atoms with Gasteiger partial charge >= 0.3 is 0 Å². The molecule has 0 amide bonds. The second-order valence-corrected chi connectivity index (χ2v) is 4.03. The summed E-state index contributed by atoms with van der Waals surface area (Å²) in [6, 6.07) is 6.00. The second kappa shape index (κ2) is 6.83. The van der Waals surface area contributed by atoms with Crippen molar-refractivity contribution in [2.24, 2.45) is 0 Å². The summed E-state index contributed by atoms with van der Waals surface area (Å²) in [5.41, 5.74) is 2.54. The molecule has 0 aromatic heterocycles. The van der Waals surface area contributed by atoms with Gasteiger partial charge in [0.1, 0.15) is 0 Å². The maximum absolute atomic E-state index is 5.88. The Balaban J connectivity index is 2.31. The van der Waals surface area contributed by atoms with E-state index < -0.39 is 0 Å². The van der Waals surface area contributed by atoms with Gasteiger partial charge in [-0.15, -0.1) is 0 Å². The summed E-state index contributed by atoms with van der Waals surface area (Å²) >= 11 is 5.88. The van der Waals surface area contributed by atoms with Crippen molar-refractivity contribution in [1.29, 1.82) is 0 Å². The van der Waals surface area contributed by atoms with Crippen LogP contribution < -0.4 is 5.32 Å². The van der Waals surface area contributed by atoms with E-state index in [2.05, 4.69) is 18.3 Å². The average molecular weight is 228 g/mol. The number of hydrogen-bond acceptors (Lipinski definition) is 2. The van der Waals surface area contributed by atoms with E-state index in [1.807, 2.05) is 12.1 Å². The molecule has 0 aliphatic carbocycles. The summed E-state index contributed by atoms with van der Waals surface area (Å²) in [6.07, 6.45) is 1.04. The lowest BCUT2D eigenvalue weighted by atomic mass is 10.1. The van der Waals surface area contributed by atoms with Gasteiger partial charge in [-0.3, -0.25) is 0 Å². The Labute approximate surface area is 96.6 Å². The van der Waals surface area contributed by atoms with Crippen LogP contribution in [-0.4, -0.2) is 20.3 Å². The highest BCUT2D eigenvalue weighted by atomic mass is 35.5. The first-order valence-electron chi connectivity index (χ1n) is 5.18. The fourth-order valence-corrected chi connectivity index (χ4v) is 1.65. The van der Waals surface area contributed by atoms with Crippen molar-refractivity contribution in [3.8, 4) is 0 Å². The van der Waals surface area contributed by atoms with Gasteiger partial charge in [-0.05, 0) is 43.1 Å². The van der Waals surface area contributed by atoms with Crippen molar-refractivity contribution >= 4 is 11.6 Å². The Kier molecular flexibility index (Phi) is 5.69. The lowest BCUT2D eigenvalue weighted by Crippen LogP contribution is -2.16. The molecule has 0 radical (unpaired) electrons. The van der Waals surface area contributed by atoms with E-state index in [1.165, 1.54) is 11.1 Å². The van der Waals surface area contributed by atoms with Gasteiger partial charge in [0, 0.05) is 25.3 Å². The van der Waals surface area contributed by atoms with Crippen LogP contribution in [0.1, 0.15) is 17.5 Å². The Morgan fingerprint density at radius 1 is 1.40 bits per heavy atom. The standard InChI is InChI=1S/C12H18ClNO/c1-10-8-12(13)5-4-11(10)9-14-6-3-7-15-2/h4-5,8,14H,3,6-7,9H2,1-2H3. The number of ether oxygens (including phenoxy) is 1. The lowest BCUT2D eigenvalue weighted by Gasteiger charge is -2.07. The minimum Gasteiger partial charge on any atom is -0.385 e. The van der Waals surface area contributed by atoms with Gasteiger partial charge in [-0.2, -0.15) is 0 Å². The first-order valence-corrected chi connectivity index (χ1v) is 5.56. The van der Waals surface area contributed by atoms with Crippen LogP contribution in [0.2, 0.25) is 5.02 Å². The molecule has 0 aliphatic heterocycles. The van der Waals surface area contributed by atoms with E-state index in [1.54, 1.807) is 7.11 Å². The SMILES string of the molecule is COCCCNCc1ccc(Cl)cc1C. The first kappa shape index (κ1) is 12.5. The van der Waals surface area contributed by atoms with Crippen LogP contribution in [0.5, 0.6) is 0 Å². The van der Waals surface area contributed by atoms with E-state index in [9.17, 15) is 0 Å². The molecule has 1 N–H and O–H groups in total. The molecule has 1 aromatic rings. The normalized spacial score (nSPS) is 10.6. The van der Waals surface area contributed by atoms with E-state index in [0.717, 1.165) is 31.1 Å². The first-order chi connectivity index (χ1) is 7.24. The monoisotopic (exact) mass is 227 g/mol. The zero-order chi connectivity index (χ0) is 11.1. The fraction of sp³-hybridized carbons (Fsp3) is 0.500. The van der Waals surface area contributed by atoms with Gasteiger partial charge in [-0.25, -0.2) is 0 Å². The zero-order valence-electron chi connectivity index (χ0n) is 9.35. The molecule has 0 heterocycles. The van der Waals surface area contributed by atoms with Crippen molar-refractivity contribution in [3.05, 3.63) is 34.3 Å². The third-order valence-electron chi connectivity index (χ3n) is 2.32. The second-order valence-electron chi connectivity index (χ2n) is 3.59. The summed E-state index contributed by atoms with van der Waals surface area (Å²) in [5.74, 6) is 0. The summed E-state index contributed by atoms with van der Waals surface area (Å²) in [5, 5.41) is 4.18. The highest BCUT2D eigenvalue weighted by Crippen LogP contribution is 2.14. The minimum atomic E-state index is 0.802. The van der Waals surface area contributed by atoms with Gasteiger partial charge in [0.15, 0.2) is 0 Å². The molecule has 0 saturated carbocycles. The van der Waals surface area contributed by atoms with Crippen LogP contribution in [0.25, 0.3) is 0 Å². The molecule has 1 aromatic carbocycles. The van der Waals surface area contributed by atoms with Crippen LogP contribution in [0.15, 0.2) is 18.2 Å². The number of methoxy groups -OCH3 is 1. The van der Waals surface area contributed by atoms with E-state index >= 15 is 0 Å². The highest BCUT2D eigenvalue weighted by molar-refractivity contribution is 6.30. The number of aryl methyl sites for hydroxylation is 1. The fourth-order valence-electron chi connectivity index (χ4n) is 1.42. The van der Waals surface area contributed by atoms with Crippen LogP contribution in [0.4, 0.5) is 0 Å². The third kappa shape index (κ3) is 4.65. The van der Waals surface area contributed by atoms with Crippen molar-refractivity contribution in [2.45, 2.75) is 19.9 Å². The van der Waals surface area contributed by atoms with Crippen LogP contribution in [0.3, 0.4) is 0 Å². The quantitative estimate of drug-likeness (QED) is 0.755. The molecular weight excluding hydrogens is 210 g/mol. The molecule has 0 aliphatic rings. The van der Waals surface area contributed by atoms with E-state index in [0.29, 0.717) is 0 Å². The van der Waals surface area contributed by atoms with Crippen molar-refractivity contribution in [3.63, 3.8) is 0 Å². The summed E-state index contributed by atoms with van der Waals surface area (Å²) in [6.45, 7) is 4.77. The zero-order valence-corrected chi connectivity index (χ0v) is 10.1. The van der Waals surface area contributed by atoms with Gasteiger partial charge < -0.3 is 10.1 Å². The number of rotatable bonds is 6. The Bertz CT molecular complexity index is 302. The maximum Gasteiger partial charge on any atom is 0.0474 e. The van der Waals surface area contributed by atoms with Gasteiger partial charge in [0.2, 0.25) is 0 Å². The summed E-state index contributed by atoms with van der Waals surface area (Å²) < 4.78 is 4.98. The number of halogens is 1. The minimum absolute atomic E-state index is 0.802. The molecule has 0 bridgehead atoms. The predicted octanol–water partition coefficient (Wildman–Crippen LogP) is 2.77. The van der Waals surface area contributed by atoms with Gasteiger partial charge in [-0.1, -0.05) is 17.7 Å². The van der Waals surface area contributed by atoms with E-state index in [-0.39, 0.29) is 0 Å². The smallest absolute Gasteiger partial charge is 0.0474 e. The van der Waals surface area contributed by atoms with Crippen LogP contribution in [0, 0.1) is 6.92 Å². The van der Waals surface area contributed by atoms with Crippen molar-refractivity contribution < 1.29 is 4.74 Å².